The number of hydrogen-bond acceptors (Lipinski definition) is 9. The number of rotatable bonds is 4. The first kappa shape index (κ1) is 23.0. The minimum atomic E-state index is -3.82. The number of nitrogens with zero attached hydrogens (tertiary/aromatic N) is 3. The van der Waals surface area contributed by atoms with Crippen molar-refractivity contribution in [1.82, 2.24) is 4.90 Å². The molecule has 0 atom stereocenters. The van der Waals surface area contributed by atoms with Gasteiger partial charge in [-0.15, -0.1) is 0 Å². The average Bonchev–Trinajstić information content (AvgIpc) is 3.43. The van der Waals surface area contributed by atoms with Crippen LogP contribution in [0.1, 0.15) is 30.0 Å². The van der Waals surface area contributed by atoms with Crippen molar-refractivity contribution in [3.8, 4) is 5.75 Å². The monoisotopic (exact) mass is 506 g/mol. The van der Waals surface area contributed by atoms with Crippen LogP contribution in [-0.2, 0) is 14.6 Å². The van der Waals surface area contributed by atoms with Gasteiger partial charge in [0.1, 0.15) is 11.6 Å². The zero-order valence-electron chi connectivity index (χ0n) is 17.1. The number of carbonyl (C=O) groups excluding carboxylic acids is 2. The van der Waals surface area contributed by atoms with Crippen LogP contribution in [0.15, 0.2) is 56.0 Å². The van der Waals surface area contributed by atoms with Crippen LogP contribution in [0, 0.1) is 5.41 Å². The molecule has 13 heteroatoms. The summed E-state index contributed by atoms with van der Waals surface area (Å²) in [7, 11) is -3.82. The van der Waals surface area contributed by atoms with Crippen LogP contribution in [0.4, 0.5) is 0 Å². The Morgan fingerprint density at radius 3 is 2.73 bits per heavy atom. The second kappa shape index (κ2) is 8.61. The Morgan fingerprint density at radius 1 is 1.33 bits per heavy atom. The molecule has 0 spiro atoms. The Labute approximate surface area is 197 Å². The average molecular weight is 507 g/mol. The van der Waals surface area contributed by atoms with Gasteiger partial charge >= 0.3 is 5.97 Å². The van der Waals surface area contributed by atoms with E-state index in [2.05, 4.69) is 9.39 Å². The maximum Gasteiger partial charge on any atom is 0.379 e. The number of esters is 1. The molecule has 0 fully saturated rings. The molecule has 0 saturated carbocycles. The Hall–Kier alpha value is -3.22. The fourth-order valence-corrected chi connectivity index (χ4v) is 5.09. The highest BCUT2D eigenvalue weighted by Gasteiger charge is 2.43. The smallest absolute Gasteiger partial charge is 0.379 e. The first-order valence-corrected chi connectivity index (χ1v) is 12.1. The number of carbonyl (C=O) groups is 2. The molecule has 3 heterocycles. The molecule has 0 bridgehead atoms. The summed E-state index contributed by atoms with van der Waals surface area (Å²) in [5, 5.41) is 7.41. The number of aliphatic imine (C=N–C) groups is 1. The molecular weight excluding hydrogens is 492 g/mol. The van der Waals surface area contributed by atoms with E-state index in [1.807, 2.05) is 0 Å². The lowest BCUT2D eigenvalue weighted by molar-refractivity contribution is -0.114. The summed E-state index contributed by atoms with van der Waals surface area (Å²) in [6.45, 7) is 2.99. The van der Waals surface area contributed by atoms with E-state index in [0.717, 1.165) is 16.8 Å². The van der Waals surface area contributed by atoms with Gasteiger partial charge in [-0.25, -0.2) is 18.1 Å². The van der Waals surface area contributed by atoms with Crippen molar-refractivity contribution in [2.45, 2.75) is 19.1 Å². The maximum atomic E-state index is 12.6. The molecule has 0 aliphatic carbocycles. The summed E-state index contributed by atoms with van der Waals surface area (Å²) in [5.41, 5.74) is 0.255. The molecule has 170 valence electrons. The minimum Gasteiger partial charge on any atom is -0.457 e. The van der Waals surface area contributed by atoms with E-state index in [9.17, 15) is 18.0 Å². The largest absolute Gasteiger partial charge is 0.457 e. The van der Waals surface area contributed by atoms with E-state index < -0.39 is 27.0 Å². The van der Waals surface area contributed by atoms with Gasteiger partial charge in [-0.2, -0.15) is 9.39 Å². The lowest BCUT2D eigenvalue weighted by Gasteiger charge is -2.25. The highest BCUT2D eigenvalue weighted by Crippen LogP contribution is 2.32. The zero-order valence-corrected chi connectivity index (χ0v) is 19.5. The third kappa shape index (κ3) is 4.24. The molecule has 4 rings (SSSR count). The van der Waals surface area contributed by atoms with Gasteiger partial charge in [-0.3, -0.25) is 10.2 Å². The molecule has 1 aromatic carbocycles. The molecule has 2 aliphatic heterocycles. The molecule has 2 aromatic rings. The molecule has 0 radical (unpaired) electrons. The van der Waals surface area contributed by atoms with Gasteiger partial charge in [-0.05, 0) is 49.8 Å². The van der Waals surface area contributed by atoms with Crippen molar-refractivity contribution in [2.24, 2.45) is 9.39 Å². The molecular formula is C20H15ClN4O6S2. The highest BCUT2D eigenvalue weighted by atomic mass is 35.5. The summed E-state index contributed by atoms with van der Waals surface area (Å²) < 4.78 is 39.3. The molecule has 2 aliphatic rings. The van der Waals surface area contributed by atoms with Gasteiger partial charge < -0.3 is 9.15 Å². The van der Waals surface area contributed by atoms with Gasteiger partial charge in [-0.1, -0.05) is 17.7 Å². The van der Waals surface area contributed by atoms with E-state index in [1.54, 1.807) is 6.07 Å². The highest BCUT2D eigenvalue weighted by molar-refractivity contribution is 8.16. The first-order chi connectivity index (χ1) is 15.6. The van der Waals surface area contributed by atoms with Crippen molar-refractivity contribution >= 4 is 67.5 Å². The normalized spacial score (nSPS) is 17.3. The predicted molar refractivity (Wildman–Crippen MR) is 124 cm³/mol. The van der Waals surface area contributed by atoms with Crippen LogP contribution in [-0.4, -0.2) is 46.6 Å². The summed E-state index contributed by atoms with van der Waals surface area (Å²) in [5.74, 6) is -1.75. The van der Waals surface area contributed by atoms with Gasteiger partial charge in [0.05, 0.1) is 34.1 Å². The summed E-state index contributed by atoms with van der Waals surface area (Å²) in [6, 6.07) is 7.35. The lowest BCUT2D eigenvalue weighted by Crippen LogP contribution is -2.46. The first-order valence-electron chi connectivity index (χ1n) is 9.37. The molecule has 0 unspecified atom stereocenters. The fraction of sp³-hybridized carbons (Fsp3) is 0.150. The minimum absolute atomic E-state index is 0.000376. The third-order valence-electron chi connectivity index (χ3n) is 4.56. The van der Waals surface area contributed by atoms with Crippen LogP contribution >= 0.6 is 23.5 Å². The van der Waals surface area contributed by atoms with Crippen LogP contribution in [0.5, 0.6) is 5.75 Å². The second-order valence-corrected chi connectivity index (χ2v) is 10.6. The SMILES string of the molecule is CC(C)S(=O)(=O)C1=NSC2=NC(=O)/C(=C\c3ccc(OC(=O)c4ccco4)c(Cl)c3)C(=N)N21. The van der Waals surface area contributed by atoms with Crippen LogP contribution in [0.25, 0.3) is 6.08 Å². The zero-order chi connectivity index (χ0) is 23.9. The van der Waals surface area contributed by atoms with Gasteiger partial charge in [0.15, 0.2) is 0 Å². The molecule has 10 nitrogen and oxygen atoms in total. The van der Waals surface area contributed by atoms with E-state index >= 15 is 0 Å². The van der Waals surface area contributed by atoms with Crippen LogP contribution in [0.2, 0.25) is 5.02 Å². The van der Waals surface area contributed by atoms with Crippen LogP contribution in [0.3, 0.4) is 0 Å². The topological polar surface area (TPSA) is 142 Å². The van der Waals surface area contributed by atoms with Crippen molar-refractivity contribution in [2.75, 3.05) is 0 Å². The van der Waals surface area contributed by atoms with Crippen molar-refractivity contribution in [3.05, 3.63) is 58.5 Å². The molecule has 1 amide bonds. The van der Waals surface area contributed by atoms with E-state index in [1.165, 1.54) is 50.5 Å². The Morgan fingerprint density at radius 2 is 2.09 bits per heavy atom. The standard InChI is InChI=1S/C20H15ClN4O6S2/c1-10(2)33(28,29)20-24-32-19-23-17(26)12(16(22)25(19)20)8-11-5-6-14(13(21)9-11)31-18(27)15-4-3-7-30-15/h3-10,22H,1-2H3/b12-8-,22-16?. The number of sulfone groups is 1. The van der Waals surface area contributed by atoms with E-state index in [-0.39, 0.29) is 38.3 Å². The number of amidine groups is 3. The van der Waals surface area contributed by atoms with Crippen molar-refractivity contribution in [1.29, 1.82) is 5.41 Å². The van der Waals surface area contributed by atoms with Gasteiger partial charge in [0.2, 0.25) is 25.9 Å². The van der Waals surface area contributed by atoms with Gasteiger partial charge in [0.25, 0.3) is 5.91 Å². The Bertz CT molecular complexity index is 1380. The van der Waals surface area contributed by atoms with E-state index in [0.29, 0.717) is 5.56 Å². The maximum absolute atomic E-state index is 12.6. The number of fused-ring (bicyclic) bond motifs is 1. The fourth-order valence-electron chi connectivity index (χ4n) is 2.80. The number of ether oxygens (including phenoxy) is 1. The van der Waals surface area contributed by atoms with Crippen molar-refractivity contribution in [3.63, 3.8) is 0 Å². The lowest BCUT2D eigenvalue weighted by atomic mass is 10.1. The molecule has 1 N–H and O–H groups in total. The number of nitrogens with one attached hydrogen (secondary N) is 1. The number of halogens is 1. The molecule has 1 aromatic heterocycles. The summed E-state index contributed by atoms with van der Waals surface area (Å²) in [4.78, 5) is 29.5. The third-order valence-corrected chi connectivity index (χ3v) is 7.70. The number of amides is 1. The van der Waals surface area contributed by atoms with Crippen molar-refractivity contribution < 1.29 is 27.2 Å². The number of benzene rings is 1. The molecule has 0 saturated heterocycles. The Balaban J connectivity index is 1.62. The summed E-state index contributed by atoms with van der Waals surface area (Å²) in [6.07, 6.45) is 2.68. The number of hydrogen-bond donors (Lipinski definition) is 1. The predicted octanol–water partition coefficient (Wildman–Crippen LogP) is 3.55. The van der Waals surface area contributed by atoms with Crippen LogP contribution < -0.4 is 4.74 Å². The van der Waals surface area contributed by atoms with Gasteiger partial charge in [0, 0.05) is 0 Å². The molecule has 33 heavy (non-hydrogen) atoms. The number of furan rings is 1. The summed E-state index contributed by atoms with van der Waals surface area (Å²) >= 11 is 6.94. The quantitative estimate of drug-likeness (QED) is 0.287. The Kier molecular flexibility index (Phi) is 5.99. The second-order valence-electron chi connectivity index (χ2n) is 7.06. The van der Waals surface area contributed by atoms with E-state index in [4.69, 9.17) is 26.2 Å².